The topological polar surface area (TPSA) is 41.1 Å². The molecule has 1 N–H and O–H groups in total. The third-order valence-corrected chi connectivity index (χ3v) is 2.93. The van der Waals surface area contributed by atoms with Gasteiger partial charge in [-0.2, -0.15) is 18.2 Å². The molecule has 2 rings (SSSR count). The fraction of sp³-hybridized carbons (Fsp3) is 0.231. The van der Waals surface area contributed by atoms with E-state index in [1.54, 1.807) is 14.1 Å². The molecular weight excluding hydrogens is 324 g/mol. The van der Waals surface area contributed by atoms with Crippen LogP contribution in [0.15, 0.2) is 24.3 Å². The third-order valence-electron chi connectivity index (χ3n) is 2.64. The SMILES string of the molecule is CN(C)c1cc(C(F)(F)F)nc(Nc2ccc(F)c(Cl)c2)n1. The van der Waals surface area contributed by atoms with E-state index in [4.69, 9.17) is 11.6 Å². The summed E-state index contributed by atoms with van der Waals surface area (Å²) in [5.41, 5.74) is -0.808. The lowest BCUT2D eigenvalue weighted by Gasteiger charge is -2.16. The van der Waals surface area contributed by atoms with Crippen LogP contribution in [0.1, 0.15) is 5.69 Å². The van der Waals surface area contributed by atoms with E-state index in [0.29, 0.717) is 0 Å². The smallest absolute Gasteiger partial charge is 0.363 e. The number of anilines is 3. The van der Waals surface area contributed by atoms with Crippen LogP contribution in [-0.2, 0) is 6.18 Å². The summed E-state index contributed by atoms with van der Waals surface area (Å²) in [6.45, 7) is 0. The highest BCUT2D eigenvalue weighted by Gasteiger charge is 2.34. The number of halogens is 5. The minimum Gasteiger partial charge on any atom is -0.363 e. The summed E-state index contributed by atoms with van der Waals surface area (Å²) in [5.74, 6) is -0.814. The van der Waals surface area contributed by atoms with Gasteiger partial charge in [0.25, 0.3) is 0 Å². The summed E-state index contributed by atoms with van der Waals surface area (Å²) in [7, 11) is 3.11. The predicted molar refractivity (Wildman–Crippen MR) is 76.1 cm³/mol. The van der Waals surface area contributed by atoms with Crippen LogP contribution in [0, 0.1) is 5.82 Å². The molecular formula is C13H11ClF4N4. The van der Waals surface area contributed by atoms with Gasteiger partial charge >= 0.3 is 6.18 Å². The molecule has 0 aliphatic rings. The molecule has 0 fully saturated rings. The van der Waals surface area contributed by atoms with Crippen molar-refractivity contribution in [1.82, 2.24) is 9.97 Å². The molecule has 0 saturated carbocycles. The molecule has 0 aliphatic heterocycles. The second-order valence-electron chi connectivity index (χ2n) is 4.58. The standard InChI is InChI=1S/C13H11ClF4N4/c1-22(2)11-6-10(13(16,17)18)20-12(21-11)19-7-3-4-9(15)8(14)5-7/h3-6H,1-2H3,(H,19,20,21). The second-order valence-corrected chi connectivity index (χ2v) is 4.99. The molecule has 0 unspecified atom stereocenters. The molecule has 1 aromatic heterocycles. The van der Waals surface area contributed by atoms with Crippen LogP contribution in [0.5, 0.6) is 0 Å². The van der Waals surface area contributed by atoms with E-state index < -0.39 is 17.7 Å². The van der Waals surface area contributed by atoms with E-state index in [1.165, 1.54) is 17.0 Å². The molecule has 22 heavy (non-hydrogen) atoms. The zero-order valence-corrected chi connectivity index (χ0v) is 12.3. The van der Waals surface area contributed by atoms with Crippen molar-refractivity contribution in [2.45, 2.75) is 6.18 Å². The molecule has 0 spiro atoms. The molecule has 0 bridgehead atoms. The molecule has 4 nitrogen and oxygen atoms in total. The number of rotatable bonds is 3. The average molecular weight is 335 g/mol. The highest BCUT2D eigenvalue weighted by atomic mass is 35.5. The zero-order chi connectivity index (χ0) is 16.5. The first-order valence-corrected chi connectivity index (χ1v) is 6.40. The first kappa shape index (κ1) is 16.3. The first-order valence-electron chi connectivity index (χ1n) is 6.02. The Bertz CT molecular complexity index is 688. The van der Waals surface area contributed by atoms with Crippen LogP contribution >= 0.6 is 11.6 Å². The van der Waals surface area contributed by atoms with Gasteiger partial charge < -0.3 is 10.2 Å². The van der Waals surface area contributed by atoms with Crippen molar-refractivity contribution >= 4 is 29.1 Å². The number of nitrogens with zero attached hydrogens (tertiary/aromatic N) is 3. The third kappa shape index (κ3) is 3.76. The molecule has 0 atom stereocenters. The highest BCUT2D eigenvalue weighted by molar-refractivity contribution is 6.31. The Kier molecular flexibility index (Phi) is 4.41. The van der Waals surface area contributed by atoms with Gasteiger partial charge in [-0.15, -0.1) is 0 Å². The number of benzene rings is 1. The van der Waals surface area contributed by atoms with Crippen molar-refractivity contribution in [3.8, 4) is 0 Å². The van der Waals surface area contributed by atoms with Gasteiger partial charge in [0, 0.05) is 25.8 Å². The summed E-state index contributed by atoms with van der Waals surface area (Å²) in [5, 5.41) is 2.42. The van der Waals surface area contributed by atoms with Gasteiger partial charge in [0.1, 0.15) is 11.6 Å². The summed E-state index contributed by atoms with van der Waals surface area (Å²) < 4.78 is 51.7. The molecule has 1 heterocycles. The fourth-order valence-electron chi connectivity index (χ4n) is 1.57. The monoisotopic (exact) mass is 334 g/mol. The second kappa shape index (κ2) is 5.96. The fourth-order valence-corrected chi connectivity index (χ4v) is 1.75. The molecule has 0 amide bonds. The maximum atomic E-state index is 13.1. The summed E-state index contributed by atoms with van der Waals surface area (Å²) in [6, 6.07) is 4.48. The number of alkyl halides is 3. The largest absolute Gasteiger partial charge is 0.433 e. The quantitative estimate of drug-likeness (QED) is 0.858. The van der Waals surface area contributed by atoms with Crippen molar-refractivity contribution in [2.75, 3.05) is 24.3 Å². The van der Waals surface area contributed by atoms with Crippen LogP contribution in [0.25, 0.3) is 0 Å². The van der Waals surface area contributed by atoms with E-state index in [9.17, 15) is 17.6 Å². The van der Waals surface area contributed by atoms with Crippen molar-refractivity contribution in [2.24, 2.45) is 0 Å². The Morgan fingerprint density at radius 3 is 2.36 bits per heavy atom. The molecule has 0 aliphatic carbocycles. The number of hydrogen-bond donors (Lipinski definition) is 1. The van der Waals surface area contributed by atoms with E-state index in [-0.39, 0.29) is 22.5 Å². The number of hydrogen-bond acceptors (Lipinski definition) is 4. The highest BCUT2D eigenvalue weighted by Crippen LogP contribution is 2.31. The Morgan fingerprint density at radius 1 is 1.14 bits per heavy atom. The molecule has 0 saturated heterocycles. The van der Waals surface area contributed by atoms with Crippen molar-refractivity contribution in [1.29, 1.82) is 0 Å². The van der Waals surface area contributed by atoms with Crippen LogP contribution in [0.4, 0.5) is 35.0 Å². The minimum atomic E-state index is -4.61. The van der Waals surface area contributed by atoms with Crippen LogP contribution in [0.2, 0.25) is 5.02 Å². The lowest BCUT2D eigenvalue weighted by atomic mass is 10.3. The van der Waals surface area contributed by atoms with E-state index in [0.717, 1.165) is 12.1 Å². The van der Waals surface area contributed by atoms with Gasteiger partial charge in [-0.25, -0.2) is 9.37 Å². The van der Waals surface area contributed by atoms with Gasteiger partial charge in [-0.1, -0.05) is 11.6 Å². The number of nitrogens with one attached hydrogen (secondary N) is 1. The molecule has 0 radical (unpaired) electrons. The Balaban J connectivity index is 2.41. The van der Waals surface area contributed by atoms with Gasteiger partial charge in [0.05, 0.1) is 5.02 Å². The summed E-state index contributed by atoms with van der Waals surface area (Å²) >= 11 is 5.62. The molecule has 1 aromatic carbocycles. The molecule has 118 valence electrons. The predicted octanol–water partition coefficient (Wildman–Crippen LogP) is 4.10. The molecule has 2 aromatic rings. The summed E-state index contributed by atoms with van der Waals surface area (Å²) in [6.07, 6.45) is -4.61. The van der Waals surface area contributed by atoms with Crippen molar-refractivity contribution in [3.05, 3.63) is 40.8 Å². The normalized spacial score (nSPS) is 11.4. The summed E-state index contributed by atoms with van der Waals surface area (Å²) in [4.78, 5) is 8.80. The Labute approximate surface area is 128 Å². The van der Waals surface area contributed by atoms with Crippen molar-refractivity contribution < 1.29 is 17.6 Å². The number of aromatic nitrogens is 2. The zero-order valence-electron chi connectivity index (χ0n) is 11.5. The van der Waals surface area contributed by atoms with Crippen LogP contribution in [-0.4, -0.2) is 24.1 Å². The maximum absolute atomic E-state index is 13.1. The van der Waals surface area contributed by atoms with Gasteiger partial charge in [-0.3, -0.25) is 0 Å². The van der Waals surface area contributed by atoms with Gasteiger partial charge in [-0.05, 0) is 18.2 Å². The Morgan fingerprint density at radius 2 is 1.82 bits per heavy atom. The van der Waals surface area contributed by atoms with Crippen molar-refractivity contribution in [3.63, 3.8) is 0 Å². The van der Waals surface area contributed by atoms with Crippen LogP contribution < -0.4 is 10.2 Å². The van der Waals surface area contributed by atoms with Gasteiger partial charge in [0.15, 0.2) is 5.69 Å². The molecule has 9 heteroatoms. The van der Waals surface area contributed by atoms with E-state index in [1.807, 2.05) is 0 Å². The minimum absolute atomic E-state index is 0.0815. The maximum Gasteiger partial charge on any atom is 0.433 e. The lowest BCUT2D eigenvalue weighted by molar-refractivity contribution is -0.141. The van der Waals surface area contributed by atoms with E-state index in [2.05, 4.69) is 15.3 Å². The first-order chi connectivity index (χ1) is 10.2. The lowest BCUT2D eigenvalue weighted by Crippen LogP contribution is -2.16. The van der Waals surface area contributed by atoms with E-state index >= 15 is 0 Å². The Hall–Kier alpha value is -2.09. The van der Waals surface area contributed by atoms with Gasteiger partial charge in [0.2, 0.25) is 5.95 Å². The van der Waals surface area contributed by atoms with Crippen LogP contribution in [0.3, 0.4) is 0 Å². The average Bonchev–Trinajstić information content (AvgIpc) is 2.41.